The first kappa shape index (κ1) is 14.7. The van der Waals surface area contributed by atoms with Gasteiger partial charge in [0, 0.05) is 11.3 Å². The molecule has 0 radical (unpaired) electrons. The minimum atomic E-state index is 0.523. The summed E-state index contributed by atoms with van der Waals surface area (Å²) in [5.41, 5.74) is 9.06. The molecule has 1 aromatic heterocycles. The van der Waals surface area contributed by atoms with Crippen LogP contribution >= 0.6 is 23.2 Å². The van der Waals surface area contributed by atoms with Crippen molar-refractivity contribution in [1.82, 2.24) is 10.2 Å². The van der Waals surface area contributed by atoms with Gasteiger partial charge < -0.3 is 5.73 Å². The molecule has 3 rings (SSSR count). The summed E-state index contributed by atoms with van der Waals surface area (Å²) in [7, 11) is 0. The summed E-state index contributed by atoms with van der Waals surface area (Å²) >= 11 is 12.1. The lowest BCUT2D eigenvalue weighted by molar-refractivity contribution is 0.501. The van der Waals surface area contributed by atoms with Crippen LogP contribution in [0.1, 0.15) is 37.8 Å². The number of rotatable bonds is 4. The number of nitrogens with two attached hydrogens (primary N) is 1. The van der Waals surface area contributed by atoms with E-state index in [-0.39, 0.29) is 0 Å². The maximum absolute atomic E-state index is 6.11. The molecule has 0 unspecified atom stereocenters. The molecule has 5 heteroatoms. The van der Waals surface area contributed by atoms with Gasteiger partial charge in [-0.05, 0) is 36.5 Å². The number of nitrogens with one attached hydrogen (secondary N) is 1. The van der Waals surface area contributed by atoms with E-state index < -0.39 is 0 Å². The summed E-state index contributed by atoms with van der Waals surface area (Å²) in [6, 6.07) is 5.59. The van der Waals surface area contributed by atoms with Gasteiger partial charge in [0.1, 0.15) is 0 Å². The van der Waals surface area contributed by atoms with Crippen molar-refractivity contribution in [2.75, 3.05) is 5.73 Å². The molecule has 1 aliphatic carbocycles. The predicted octanol–water partition coefficient (Wildman–Crippen LogP) is 5.09. The summed E-state index contributed by atoms with van der Waals surface area (Å²) in [6.45, 7) is 0. The monoisotopic (exact) mass is 323 g/mol. The Morgan fingerprint density at radius 3 is 2.67 bits per heavy atom. The van der Waals surface area contributed by atoms with E-state index in [1.807, 2.05) is 12.1 Å². The van der Waals surface area contributed by atoms with Crippen molar-refractivity contribution in [2.24, 2.45) is 5.92 Å². The van der Waals surface area contributed by atoms with Crippen LogP contribution < -0.4 is 5.73 Å². The summed E-state index contributed by atoms with van der Waals surface area (Å²) < 4.78 is 0. The van der Waals surface area contributed by atoms with Crippen molar-refractivity contribution in [3.63, 3.8) is 0 Å². The molecule has 112 valence electrons. The number of aromatic nitrogens is 2. The highest BCUT2D eigenvalue weighted by molar-refractivity contribution is 6.42. The maximum atomic E-state index is 6.11. The minimum absolute atomic E-state index is 0.523. The Bertz CT molecular complexity index is 630. The molecule has 0 aliphatic heterocycles. The minimum Gasteiger partial charge on any atom is -0.382 e. The number of aryl methyl sites for hydroxylation is 1. The van der Waals surface area contributed by atoms with Crippen LogP contribution in [0.25, 0.3) is 11.1 Å². The van der Waals surface area contributed by atoms with Crippen molar-refractivity contribution in [2.45, 2.75) is 38.5 Å². The molecule has 0 atom stereocenters. The van der Waals surface area contributed by atoms with E-state index in [0.29, 0.717) is 15.9 Å². The first-order chi connectivity index (χ1) is 10.1. The number of hydrogen-bond acceptors (Lipinski definition) is 2. The fourth-order valence-corrected chi connectivity index (χ4v) is 3.49. The molecule has 0 saturated heterocycles. The van der Waals surface area contributed by atoms with Gasteiger partial charge in [0.25, 0.3) is 0 Å². The molecule has 21 heavy (non-hydrogen) atoms. The number of nitrogen functional groups attached to an aromatic ring is 1. The molecule has 3 N–H and O–H groups in total. The van der Waals surface area contributed by atoms with Gasteiger partial charge in [-0.2, -0.15) is 5.10 Å². The standard InChI is InChI=1S/C16H19Cl2N3/c17-12-7-6-11(9-13(12)18)15-14(20-21-16(15)19)8-5-10-3-1-2-4-10/h6-7,9-10H,1-5,8H2,(H3,19,20,21). The molecule has 2 aromatic rings. The van der Waals surface area contributed by atoms with E-state index in [0.717, 1.165) is 29.2 Å². The molecule has 0 bridgehead atoms. The molecule has 1 saturated carbocycles. The normalized spacial score (nSPS) is 15.7. The van der Waals surface area contributed by atoms with Gasteiger partial charge in [0.05, 0.1) is 10.0 Å². The second-order valence-electron chi connectivity index (χ2n) is 5.78. The molecule has 1 aliphatic rings. The molecule has 1 aromatic carbocycles. The van der Waals surface area contributed by atoms with Crippen LogP contribution in [0, 0.1) is 5.92 Å². The Morgan fingerprint density at radius 2 is 1.95 bits per heavy atom. The van der Waals surface area contributed by atoms with Gasteiger partial charge in [-0.25, -0.2) is 0 Å². The highest BCUT2D eigenvalue weighted by Crippen LogP contribution is 2.35. The van der Waals surface area contributed by atoms with E-state index in [4.69, 9.17) is 28.9 Å². The molecule has 1 heterocycles. The number of benzene rings is 1. The molecule has 1 fully saturated rings. The number of aromatic amines is 1. The van der Waals surface area contributed by atoms with Gasteiger partial charge in [-0.1, -0.05) is 55.0 Å². The Balaban J connectivity index is 1.83. The largest absolute Gasteiger partial charge is 0.382 e. The maximum Gasteiger partial charge on any atom is 0.153 e. The quantitative estimate of drug-likeness (QED) is 0.823. The zero-order chi connectivity index (χ0) is 14.8. The highest BCUT2D eigenvalue weighted by Gasteiger charge is 2.18. The van der Waals surface area contributed by atoms with Gasteiger partial charge in [-0.15, -0.1) is 0 Å². The van der Waals surface area contributed by atoms with E-state index >= 15 is 0 Å². The lowest BCUT2D eigenvalue weighted by Crippen LogP contribution is -1.98. The number of hydrogen-bond donors (Lipinski definition) is 2. The first-order valence-electron chi connectivity index (χ1n) is 7.43. The van der Waals surface area contributed by atoms with Crippen molar-refractivity contribution in [3.05, 3.63) is 33.9 Å². The Labute approximate surface area is 134 Å². The van der Waals surface area contributed by atoms with Crippen LogP contribution in [0.15, 0.2) is 18.2 Å². The highest BCUT2D eigenvalue weighted by atomic mass is 35.5. The second-order valence-corrected chi connectivity index (χ2v) is 6.59. The molecular formula is C16H19Cl2N3. The van der Waals surface area contributed by atoms with Crippen LogP contribution in [0.3, 0.4) is 0 Å². The number of halogens is 2. The summed E-state index contributed by atoms with van der Waals surface area (Å²) in [5, 5.41) is 8.34. The van der Waals surface area contributed by atoms with Crippen molar-refractivity contribution in [1.29, 1.82) is 0 Å². The molecule has 3 nitrogen and oxygen atoms in total. The Hall–Kier alpha value is -1.19. The van der Waals surface area contributed by atoms with Gasteiger partial charge >= 0.3 is 0 Å². The Morgan fingerprint density at radius 1 is 1.19 bits per heavy atom. The third-order valence-electron chi connectivity index (χ3n) is 4.35. The van der Waals surface area contributed by atoms with Crippen molar-refractivity contribution < 1.29 is 0 Å². The summed E-state index contributed by atoms with van der Waals surface area (Å²) in [6.07, 6.45) is 7.61. The lowest BCUT2D eigenvalue weighted by Gasteiger charge is -2.09. The SMILES string of the molecule is Nc1n[nH]c(CCC2CCCC2)c1-c1ccc(Cl)c(Cl)c1. The zero-order valence-electron chi connectivity index (χ0n) is 11.8. The third-order valence-corrected chi connectivity index (χ3v) is 5.09. The summed E-state index contributed by atoms with van der Waals surface area (Å²) in [5.74, 6) is 1.37. The van der Waals surface area contributed by atoms with Crippen LogP contribution in [-0.4, -0.2) is 10.2 Å². The average Bonchev–Trinajstić information content (AvgIpc) is 3.09. The van der Waals surface area contributed by atoms with Crippen molar-refractivity contribution >= 4 is 29.0 Å². The molecule has 0 spiro atoms. The molecular weight excluding hydrogens is 305 g/mol. The van der Waals surface area contributed by atoms with Gasteiger partial charge in [0.2, 0.25) is 0 Å². The van der Waals surface area contributed by atoms with Crippen LogP contribution in [-0.2, 0) is 6.42 Å². The van der Waals surface area contributed by atoms with E-state index in [2.05, 4.69) is 10.2 Å². The van der Waals surface area contributed by atoms with Crippen LogP contribution in [0.5, 0.6) is 0 Å². The van der Waals surface area contributed by atoms with Crippen LogP contribution in [0.2, 0.25) is 10.0 Å². The fraction of sp³-hybridized carbons (Fsp3) is 0.438. The Kier molecular flexibility index (Phi) is 4.41. The smallest absolute Gasteiger partial charge is 0.153 e. The zero-order valence-corrected chi connectivity index (χ0v) is 13.3. The number of anilines is 1. The van der Waals surface area contributed by atoms with E-state index in [1.165, 1.54) is 32.1 Å². The first-order valence-corrected chi connectivity index (χ1v) is 8.19. The average molecular weight is 324 g/mol. The molecule has 0 amide bonds. The summed E-state index contributed by atoms with van der Waals surface area (Å²) in [4.78, 5) is 0. The van der Waals surface area contributed by atoms with Gasteiger partial charge in [0.15, 0.2) is 5.82 Å². The fourth-order valence-electron chi connectivity index (χ4n) is 3.20. The lowest BCUT2D eigenvalue weighted by atomic mass is 9.97. The predicted molar refractivity (Wildman–Crippen MR) is 88.7 cm³/mol. The number of nitrogens with zero attached hydrogens (tertiary/aromatic N) is 1. The van der Waals surface area contributed by atoms with Crippen molar-refractivity contribution in [3.8, 4) is 11.1 Å². The number of H-pyrrole nitrogens is 1. The van der Waals surface area contributed by atoms with Gasteiger partial charge in [-0.3, -0.25) is 5.10 Å². The van der Waals surface area contributed by atoms with E-state index in [1.54, 1.807) is 6.07 Å². The second kappa shape index (κ2) is 6.29. The van der Waals surface area contributed by atoms with Crippen LogP contribution in [0.4, 0.5) is 5.82 Å². The topological polar surface area (TPSA) is 54.7 Å². The third kappa shape index (κ3) is 3.19. The van der Waals surface area contributed by atoms with E-state index in [9.17, 15) is 0 Å².